The van der Waals surface area contributed by atoms with Gasteiger partial charge in [0.15, 0.2) is 0 Å². The molecule has 0 bridgehead atoms. The summed E-state index contributed by atoms with van der Waals surface area (Å²) < 4.78 is 5.08. The summed E-state index contributed by atoms with van der Waals surface area (Å²) in [6.45, 7) is 1.69. The van der Waals surface area contributed by atoms with Crippen LogP contribution in [0, 0.1) is 0 Å². The topological polar surface area (TPSA) is 79.8 Å². The van der Waals surface area contributed by atoms with Crippen molar-refractivity contribution < 1.29 is 14.3 Å². The fourth-order valence-electron chi connectivity index (χ4n) is 2.69. The number of benzene rings is 3. The number of rotatable bonds is 6. The first-order valence-corrected chi connectivity index (χ1v) is 8.81. The van der Waals surface area contributed by atoms with Gasteiger partial charge < -0.3 is 10.1 Å². The second kappa shape index (κ2) is 8.81. The van der Waals surface area contributed by atoms with Crippen molar-refractivity contribution in [3.8, 4) is 5.75 Å². The van der Waals surface area contributed by atoms with E-state index < -0.39 is 0 Å². The Hall–Kier alpha value is -3.67. The number of carbonyl (C=O) groups is 2. The second-order valence-corrected chi connectivity index (χ2v) is 6.30. The van der Waals surface area contributed by atoms with E-state index in [-0.39, 0.29) is 18.2 Å². The highest BCUT2D eigenvalue weighted by molar-refractivity contribution is 6.06. The number of anilines is 1. The average molecular weight is 375 g/mol. The molecule has 6 nitrogen and oxygen atoms in total. The van der Waals surface area contributed by atoms with Gasteiger partial charge >= 0.3 is 0 Å². The number of carbonyl (C=O) groups excluding carboxylic acids is 2. The number of hydrazone groups is 1. The van der Waals surface area contributed by atoms with Crippen molar-refractivity contribution in [2.45, 2.75) is 13.3 Å². The number of amides is 2. The van der Waals surface area contributed by atoms with E-state index in [1.807, 2.05) is 36.4 Å². The number of ether oxygens (including phenoxy) is 1. The van der Waals surface area contributed by atoms with Crippen LogP contribution in [-0.2, 0) is 4.79 Å². The van der Waals surface area contributed by atoms with E-state index >= 15 is 0 Å². The fourth-order valence-corrected chi connectivity index (χ4v) is 2.69. The van der Waals surface area contributed by atoms with Crippen molar-refractivity contribution >= 4 is 34.0 Å². The van der Waals surface area contributed by atoms with Crippen LogP contribution >= 0.6 is 0 Å². The molecule has 0 spiro atoms. The fraction of sp³-hybridized carbons (Fsp3) is 0.136. The SMILES string of the molecule is COc1ccc(NC(=O)C/C(C)=N/NC(=O)c2ccc3ccccc3c2)cc1. The average Bonchev–Trinajstić information content (AvgIpc) is 2.72. The Morgan fingerprint density at radius 2 is 1.68 bits per heavy atom. The zero-order valence-corrected chi connectivity index (χ0v) is 15.7. The number of methoxy groups -OCH3 is 1. The van der Waals surface area contributed by atoms with E-state index in [1.54, 1.807) is 44.4 Å². The van der Waals surface area contributed by atoms with E-state index in [0.29, 0.717) is 22.7 Å². The van der Waals surface area contributed by atoms with Gasteiger partial charge in [0.25, 0.3) is 5.91 Å². The monoisotopic (exact) mass is 375 g/mol. The molecule has 0 aliphatic carbocycles. The van der Waals surface area contributed by atoms with Crippen molar-refractivity contribution in [2.24, 2.45) is 5.10 Å². The normalized spacial score (nSPS) is 11.1. The zero-order valence-electron chi connectivity index (χ0n) is 15.7. The largest absolute Gasteiger partial charge is 0.497 e. The highest BCUT2D eigenvalue weighted by Crippen LogP contribution is 2.16. The lowest BCUT2D eigenvalue weighted by molar-refractivity contribution is -0.115. The lowest BCUT2D eigenvalue weighted by Gasteiger charge is -2.07. The van der Waals surface area contributed by atoms with Crippen LogP contribution in [0.3, 0.4) is 0 Å². The van der Waals surface area contributed by atoms with E-state index in [9.17, 15) is 9.59 Å². The van der Waals surface area contributed by atoms with Crippen molar-refractivity contribution in [1.29, 1.82) is 0 Å². The van der Waals surface area contributed by atoms with Gasteiger partial charge in [0.2, 0.25) is 5.91 Å². The molecule has 0 heterocycles. The quantitative estimate of drug-likeness (QED) is 0.505. The minimum Gasteiger partial charge on any atom is -0.497 e. The molecule has 0 fully saturated rings. The molecule has 0 unspecified atom stereocenters. The van der Waals surface area contributed by atoms with Crippen LogP contribution in [0.15, 0.2) is 71.8 Å². The molecule has 2 amide bonds. The number of fused-ring (bicyclic) bond motifs is 1. The standard InChI is InChI=1S/C22H21N3O3/c1-15(13-21(26)23-19-9-11-20(28-2)12-10-19)24-25-22(27)18-8-7-16-5-3-4-6-17(16)14-18/h3-12,14H,13H2,1-2H3,(H,23,26)(H,25,27)/b24-15+. The van der Waals surface area contributed by atoms with Crippen molar-refractivity contribution in [3.63, 3.8) is 0 Å². The van der Waals surface area contributed by atoms with Crippen molar-refractivity contribution in [2.75, 3.05) is 12.4 Å². The third kappa shape index (κ3) is 4.94. The molecular weight excluding hydrogens is 354 g/mol. The van der Waals surface area contributed by atoms with Gasteiger partial charge in [0.05, 0.1) is 13.5 Å². The smallest absolute Gasteiger partial charge is 0.271 e. The molecule has 0 saturated heterocycles. The predicted molar refractivity (Wildman–Crippen MR) is 111 cm³/mol. The molecule has 142 valence electrons. The molecule has 28 heavy (non-hydrogen) atoms. The third-order valence-corrected chi connectivity index (χ3v) is 4.15. The third-order valence-electron chi connectivity index (χ3n) is 4.15. The van der Waals surface area contributed by atoms with Crippen LogP contribution in [0.5, 0.6) is 5.75 Å². The number of nitrogens with zero attached hydrogens (tertiary/aromatic N) is 1. The molecule has 0 radical (unpaired) electrons. The van der Waals surface area contributed by atoms with Crippen molar-refractivity contribution in [3.05, 3.63) is 72.3 Å². The summed E-state index contributed by atoms with van der Waals surface area (Å²) in [5, 5.41) is 8.85. The van der Waals surface area contributed by atoms with Crippen LogP contribution < -0.4 is 15.5 Å². The van der Waals surface area contributed by atoms with Gasteiger partial charge in [-0.25, -0.2) is 5.43 Å². The van der Waals surface area contributed by atoms with Crippen LogP contribution in [0.2, 0.25) is 0 Å². The van der Waals surface area contributed by atoms with Gasteiger partial charge in [0.1, 0.15) is 5.75 Å². The molecule has 2 N–H and O–H groups in total. The molecule has 0 aliphatic rings. The Kier molecular flexibility index (Phi) is 6.01. The summed E-state index contributed by atoms with van der Waals surface area (Å²) in [6.07, 6.45) is 0.0734. The molecular formula is C22H21N3O3. The summed E-state index contributed by atoms with van der Waals surface area (Å²) in [4.78, 5) is 24.4. The van der Waals surface area contributed by atoms with Crippen LogP contribution in [0.4, 0.5) is 5.69 Å². The van der Waals surface area contributed by atoms with Gasteiger partial charge in [-0.1, -0.05) is 30.3 Å². The summed E-state index contributed by atoms with van der Waals surface area (Å²) in [5.41, 5.74) is 4.18. The minimum atomic E-state index is -0.319. The second-order valence-electron chi connectivity index (χ2n) is 6.30. The van der Waals surface area contributed by atoms with E-state index in [1.165, 1.54) is 0 Å². The van der Waals surface area contributed by atoms with Gasteiger partial charge in [-0.3, -0.25) is 9.59 Å². The highest BCUT2D eigenvalue weighted by Gasteiger charge is 2.08. The molecule has 3 aromatic carbocycles. The number of nitrogens with one attached hydrogen (secondary N) is 2. The summed E-state index contributed by atoms with van der Waals surface area (Å²) in [5.74, 6) is 0.180. The van der Waals surface area contributed by atoms with Gasteiger partial charge in [-0.15, -0.1) is 0 Å². The predicted octanol–water partition coefficient (Wildman–Crippen LogP) is 3.98. The lowest BCUT2D eigenvalue weighted by Crippen LogP contribution is -2.21. The van der Waals surface area contributed by atoms with Crippen LogP contribution in [0.25, 0.3) is 10.8 Å². The maximum Gasteiger partial charge on any atom is 0.271 e. The Bertz CT molecular complexity index is 1030. The van der Waals surface area contributed by atoms with Crippen LogP contribution in [-0.4, -0.2) is 24.6 Å². The summed E-state index contributed by atoms with van der Waals surface area (Å²) in [7, 11) is 1.58. The Morgan fingerprint density at radius 1 is 0.964 bits per heavy atom. The number of hydrogen-bond acceptors (Lipinski definition) is 4. The molecule has 0 atom stereocenters. The zero-order chi connectivity index (χ0) is 19.9. The maximum absolute atomic E-state index is 12.3. The van der Waals surface area contributed by atoms with Gasteiger partial charge in [-0.05, 0) is 54.1 Å². The molecule has 3 aromatic rings. The first-order valence-electron chi connectivity index (χ1n) is 8.81. The molecule has 0 aliphatic heterocycles. The van der Waals surface area contributed by atoms with Crippen molar-refractivity contribution in [1.82, 2.24) is 5.43 Å². The minimum absolute atomic E-state index is 0.0734. The van der Waals surface area contributed by atoms with E-state index in [4.69, 9.17) is 4.74 Å². The van der Waals surface area contributed by atoms with Gasteiger partial charge in [-0.2, -0.15) is 5.10 Å². The maximum atomic E-state index is 12.3. The molecule has 6 heteroatoms. The Balaban J connectivity index is 1.56. The highest BCUT2D eigenvalue weighted by atomic mass is 16.5. The summed E-state index contributed by atoms with van der Waals surface area (Å²) >= 11 is 0. The van der Waals surface area contributed by atoms with Crippen LogP contribution in [0.1, 0.15) is 23.7 Å². The molecule has 3 rings (SSSR count). The van der Waals surface area contributed by atoms with E-state index in [2.05, 4.69) is 15.8 Å². The molecule has 0 saturated carbocycles. The Morgan fingerprint density at radius 3 is 2.39 bits per heavy atom. The first-order chi connectivity index (χ1) is 13.5. The molecule has 0 aromatic heterocycles. The summed E-state index contributed by atoms with van der Waals surface area (Å²) in [6, 6.07) is 20.3. The van der Waals surface area contributed by atoms with E-state index in [0.717, 1.165) is 10.8 Å². The van der Waals surface area contributed by atoms with Gasteiger partial charge in [0, 0.05) is 17.0 Å². The first kappa shape index (κ1) is 19.1. The Labute approximate surface area is 163 Å². The lowest BCUT2D eigenvalue weighted by atomic mass is 10.1. The number of hydrogen-bond donors (Lipinski definition) is 2.